The lowest BCUT2D eigenvalue weighted by Gasteiger charge is -2.03. The minimum atomic E-state index is -1.21. The Kier molecular flexibility index (Phi) is 8.57. The first-order valence-corrected chi connectivity index (χ1v) is 9.57. The second-order valence-electron chi connectivity index (χ2n) is 4.20. The van der Waals surface area contributed by atoms with E-state index in [-0.39, 0.29) is 0 Å². The lowest BCUT2D eigenvalue weighted by Crippen LogP contribution is -1.98. The molecule has 1 aromatic carbocycles. The minimum absolute atomic E-state index is 0.316. The molecule has 0 aliphatic heterocycles. The molecule has 0 aliphatic rings. The van der Waals surface area contributed by atoms with Gasteiger partial charge < -0.3 is 0 Å². The highest BCUT2D eigenvalue weighted by molar-refractivity contribution is 7.84. The normalized spacial score (nSPS) is 10.7. The molecule has 6 heteroatoms. The van der Waals surface area contributed by atoms with E-state index in [4.69, 9.17) is 0 Å². The fraction of sp³-hybridized carbons (Fsp3) is 0.278. The Morgan fingerprint density at radius 2 is 1.67 bits per heavy atom. The van der Waals surface area contributed by atoms with Crippen molar-refractivity contribution in [2.45, 2.75) is 32.9 Å². The van der Waals surface area contributed by atoms with Crippen molar-refractivity contribution in [1.82, 2.24) is 20.2 Å². The molecule has 2 heterocycles. The summed E-state index contributed by atoms with van der Waals surface area (Å²) < 4.78 is 11.5. The average Bonchev–Trinajstić information content (AvgIpc) is 3.16. The molecule has 128 valence electrons. The van der Waals surface area contributed by atoms with Gasteiger partial charge in [-0.05, 0) is 11.6 Å². The molecule has 1 N–H and O–H groups in total. The van der Waals surface area contributed by atoms with E-state index in [0.29, 0.717) is 10.9 Å². The first-order chi connectivity index (χ1) is 11.8. The smallest absolute Gasteiger partial charge is 0.218 e. The first-order valence-electron chi connectivity index (χ1n) is 8.01. The van der Waals surface area contributed by atoms with Crippen LogP contribution < -0.4 is 0 Å². The van der Waals surface area contributed by atoms with Gasteiger partial charge in [0.2, 0.25) is 5.16 Å². The van der Waals surface area contributed by atoms with Gasteiger partial charge in [-0.3, -0.25) is 9.31 Å². The van der Waals surface area contributed by atoms with Crippen LogP contribution >= 0.6 is 0 Å². The third-order valence-corrected chi connectivity index (χ3v) is 3.58. The van der Waals surface area contributed by atoms with E-state index in [1.54, 1.807) is 24.7 Å². The van der Waals surface area contributed by atoms with E-state index < -0.39 is 10.8 Å². The Hall–Kier alpha value is -2.34. The van der Waals surface area contributed by atoms with Crippen molar-refractivity contribution in [2.24, 2.45) is 0 Å². The summed E-state index contributed by atoms with van der Waals surface area (Å²) in [7, 11) is -1.21. The Morgan fingerprint density at radius 1 is 1.00 bits per heavy atom. The summed E-state index contributed by atoms with van der Waals surface area (Å²) in [6.45, 7) is 8.00. The number of benzene rings is 1. The fourth-order valence-corrected chi connectivity index (χ4v) is 2.37. The molecule has 0 spiro atoms. The number of rotatable bonds is 3. The second kappa shape index (κ2) is 10.4. The number of hydrogen-bond acceptors (Lipinski definition) is 4. The molecule has 3 rings (SSSR count). The highest BCUT2D eigenvalue weighted by Gasteiger charge is 2.12. The van der Waals surface area contributed by atoms with Crippen molar-refractivity contribution in [3.8, 4) is 22.5 Å². The first kappa shape index (κ1) is 19.7. The summed E-state index contributed by atoms with van der Waals surface area (Å²) in [6, 6.07) is 11.7. The largest absolute Gasteiger partial charge is 0.276 e. The summed E-state index contributed by atoms with van der Waals surface area (Å²) in [4.78, 5) is 8.32. The van der Waals surface area contributed by atoms with Gasteiger partial charge in [-0.25, -0.2) is 9.97 Å². The second-order valence-corrected chi connectivity index (χ2v) is 5.48. The Morgan fingerprint density at radius 3 is 2.29 bits per heavy atom. The van der Waals surface area contributed by atoms with Gasteiger partial charge in [-0.2, -0.15) is 5.10 Å². The zero-order valence-electron chi connectivity index (χ0n) is 14.8. The molecular weight excluding hydrogens is 320 g/mol. The van der Waals surface area contributed by atoms with Crippen LogP contribution in [0.15, 0.2) is 53.9 Å². The summed E-state index contributed by atoms with van der Waals surface area (Å²) in [6.07, 6.45) is 4.92. The Labute approximate surface area is 146 Å². The van der Waals surface area contributed by atoms with Crippen molar-refractivity contribution < 1.29 is 4.21 Å². The van der Waals surface area contributed by atoms with Crippen LogP contribution in [0.1, 0.15) is 27.7 Å². The van der Waals surface area contributed by atoms with E-state index in [9.17, 15) is 4.21 Å². The lowest BCUT2D eigenvalue weighted by atomic mass is 10.1. The van der Waals surface area contributed by atoms with Crippen LogP contribution in [0.3, 0.4) is 0 Å². The quantitative estimate of drug-likeness (QED) is 0.718. The van der Waals surface area contributed by atoms with Crippen molar-refractivity contribution >= 4 is 10.8 Å². The van der Waals surface area contributed by atoms with Gasteiger partial charge in [-0.15, -0.1) is 0 Å². The van der Waals surface area contributed by atoms with Crippen molar-refractivity contribution in [1.29, 1.82) is 0 Å². The number of nitrogens with zero attached hydrogens (tertiary/aromatic N) is 3. The van der Waals surface area contributed by atoms with E-state index >= 15 is 0 Å². The molecule has 5 nitrogen and oxygen atoms in total. The van der Waals surface area contributed by atoms with Gasteiger partial charge in [0.1, 0.15) is 0 Å². The molecule has 0 bridgehead atoms. The molecule has 0 fully saturated rings. The van der Waals surface area contributed by atoms with Crippen LogP contribution in [0.2, 0.25) is 0 Å². The predicted molar refractivity (Wildman–Crippen MR) is 100 cm³/mol. The number of nitrogens with one attached hydrogen (secondary N) is 1. The third-order valence-electron chi connectivity index (χ3n) is 2.87. The summed E-state index contributed by atoms with van der Waals surface area (Å²) in [5, 5.41) is 7.35. The Balaban J connectivity index is 0.000000671. The maximum absolute atomic E-state index is 11.5. The SMILES string of the molecule is CC.CC.CS(=O)c1nccc(-c2[nH]ncc2-c2ccccc2)n1. The van der Waals surface area contributed by atoms with Crippen molar-refractivity contribution in [2.75, 3.05) is 6.26 Å². The van der Waals surface area contributed by atoms with Crippen LogP contribution in [-0.4, -0.2) is 30.6 Å². The van der Waals surface area contributed by atoms with E-state index in [1.165, 1.54) is 0 Å². The summed E-state index contributed by atoms with van der Waals surface area (Å²) in [5.74, 6) is 0. The molecule has 0 saturated carbocycles. The van der Waals surface area contributed by atoms with Crippen LogP contribution in [0.5, 0.6) is 0 Å². The number of H-pyrrole nitrogens is 1. The van der Waals surface area contributed by atoms with Gasteiger partial charge in [0.25, 0.3) is 0 Å². The van der Waals surface area contributed by atoms with E-state index in [0.717, 1.165) is 16.8 Å². The molecule has 3 aromatic rings. The number of aromatic nitrogens is 4. The standard InChI is InChI=1S/C14H12N4OS.2C2H6/c1-20(19)14-15-8-7-12(17-14)13-11(9-16-18-13)10-5-3-2-4-6-10;2*1-2/h2-9H,1H3,(H,16,18);2*1-2H3. The molecule has 1 atom stereocenters. The summed E-state index contributed by atoms with van der Waals surface area (Å²) >= 11 is 0. The molecule has 24 heavy (non-hydrogen) atoms. The molecule has 1 unspecified atom stereocenters. The topological polar surface area (TPSA) is 71.5 Å². The number of aromatic amines is 1. The van der Waals surface area contributed by atoms with Gasteiger partial charge in [0.05, 0.1) is 28.4 Å². The molecule has 0 amide bonds. The summed E-state index contributed by atoms with van der Waals surface area (Å²) in [5.41, 5.74) is 3.48. The average molecular weight is 344 g/mol. The molecule has 2 aromatic heterocycles. The van der Waals surface area contributed by atoms with Gasteiger partial charge in [0.15, 0.2) is 0 Å². The molecule has 0 saturated heterocycles. The monoisotopic (exact) mass is 344 g/mol. The molecule has 0 aliphatic carbocycles. The molecule has 0 radical (unpaired) electrons. The maximum atomic E-state index is 11.5. The van der Waals surface area contributed by atoms with Gasteiger partial charge in [-0.1, -0.05) is 58.0 Å². The van der Waals surface area contributed by atoms with Crippen LogP contribution in [0.25, 0.3) is 22.5 Å². The van der Waals surface area contributed by atoms with Crippen molar-refractivity contribution in [3.63, 3.8) is 0 Å². The van der Waals surface area contributed by atoms with Crippen LogP contribution in [0, 0.1) is 0 Å². The minimum Gasteiger partial charge on any atom is -0.276 e. The zero-order valence-corrected chi connectivity index (χ0v) is 15.6. The highest BCUT2D eigenvalue weighted by atomic mass is 32.2. The van der Waals surface area contributed by atoms with Gasteiger partial charge >= 0.3 is 0 Å². The molecular formula is C18H24N4OS. The highest BCUT2D eigenvalue weighted by Crippen LogP contribution is 2.28. The fourth-order valence-electron chi connectivity index (χ4n) is 1.94. The van der Waals surface area contributed by atoms with Gasteiger partial charge in [0, 0.05) is 18.0 Å². The zero-order chi connectivity index (χ0) is 17.9. The maximum Gasteiger partial charge on any atom is 0.218 e. The van der Waals surface area contributed by atoms with Crippen LogP contribution in [-0.2, 0) is 10.8 Å². The van der Waals surface area contributed by atoms with Crippen molar-refractivity contribution in [3.05, 3.63) is 48.8 Å². The van der Waals surface area contributed by atoms with Crippen LogP contribution in [0.4, 0.5) is 0 Å². The van der Waals surface area contributed by atoms with E-state index in [2.05, 4.69) is 20.2 Å². The lowest BCUT2D eigenvalue weighted by molar-refractivity contribution is 0.680. The predicted octanol–water partition coefficient (Wildman–Crippen LogP) is 4.32. The number of hydrogen-bond donors (Lipinski definition) is 1. The van der Waals surface area contributed by atoms with E-state index in [1.807, 2.05) is 58.0 Å². The Bertz CT molecular complexity index is 756. The third kappa shape index (κ3) is 4.83.